The Morgan fingerprint density at radius 1 is 1.70 bits per heavy atom. The maximum atomic E-state index is 11.0. The van der Waals surface area contributed by atoms with Crippen LogP contribution < -0.4 is 5.69 Å². The zero-order valence-corrected chi connectivity index (χ0v) is 5.98. The highest BCUT2D eigenvalue weighted by Gasteiger charge is 1.93. The maximum Gasteiger partial charge on any atom is 0.349 e. The number of nitrogens with zero attached hydrogens (tertiary/aromatic N) is 3. The van der Waals surface area contributed by atoms with E-state index in [4.69, 9.17) is 0 Å². The van der Waals surface area contributed by atoms with E-state index >= 15 is 0 Å². The third-order valence-corrected chi connectivity index (χ3v) is 1.14. The molecule has 0 spiro atoms. The van der Waals surface area contributed by atoms with Gasteiger partial charge >= 0.3 is 5.69 Å². The van der Waals surface area contributed by atoms with Gasteiger partial charge < -0.3 is 0 Å². The predicted molar refractivity (Wildman–Crippen MR) is 38.5 cm³/mol. The molecular formula is C6H9N3O. The summed E-state index contributed by atoms with van der Waals surface area (Å²) in [5, 5.41) is 3.79. The Morgan fingerprint density at radius 2 is 2.40 bits per heavy atom. The Hall–Kier alpha value is -1.32. The minimum Gasteiger partial charge on any atom is -0.284 e. The molecule has 0 saturated carbocycles. The molecule has 1 aromatic heterocycles. The fraction of sp³-hybridized carbons (Fsp3) is 0.333. The van der Waals surface area contributed by atoms with Crippen LogP contribution >= 0.6 is 0 Å². The molecule has 0 fully saturated rings. The fourth-order valence-electron chi connectivity index (χ4n) is 0.637. The van der Waals surface area contributed by atoms with Gasteiger partial charge in [0, 0.05) is 13.2 Å². The van der Waals surface area contributed by atoms with Gasteiger partial charge in [-0.05, 0) is 6.92 Å². The van der Waals surface area contributed by atoms with Crippen LogP contribution in [0.2, 0.25) is 0 Å². The van der Waals surface area contributed by atoms with Crippen molar-refractivity contribution in [3.8, 4) is 0 Å². The molecule has 1 aromatic rings. The summed E-state index contributed by atoms with van der Waals surface area (Å²) in [6.45, 7) is 1.83. The van der Waals surface area contributed by atoms with Crippen molar-refractivity contribution in [2.45, 2.75) is 6.92 Å². The number of allylic oxidation sites excluding steroid dienone is 1. The Balaban J connectivity index is 3.18. The van der Waals surface area contributed by atoms with Crippen molar-refractivity contribution in [2.75, 3.05) is 0 Å². The minimum atomic E-state index is -0.127. The lowest BCUT2D eigenvalue weighted by atomic mass is 10.7. The quantitative estimate of drug-likeness (QED) is 0.552. The zero-order chi connectivity index (χ0) is 7.56. The normalized spacial score (nSPS) is 11.0. The molecule has 0 aliphatic rings. The van der Waals surface area contributed by atoms with E-state index in [2.05, 4.69) is 5.10 Å². The molecular weight excluding hydrogens is 130 g/mol. The van der Waals surface area contributed by atoms with Gasteiger partial charge in [-0.15, -0.1) is 0 Å². The average Bonchev–Trinajstić information content (AvgIpc) is 2.20. The van der Waals surface area contributed by atoms with Gasteiger partial charge in [0.2, 0.25) is 0 Å². The van der Waals surface area contributed by atoms with Crippen LogP contribution in [0.5, 0.6) is 0 Å². The largest absolute Gasteiger partial charge is 0.349 e. The number of aryl methyl sites for hydroxylation is 1. The predicted octanol–water partition coefficient (Wildman–Crippen LogP) is 0.0724. The van der Waals surface area contributed by atoms with E-state index in [0.717, 1.165) is 0 Å². The van der Waals surface area contributed by atoms with Crippen molar-refractivity contribution in [1.82, 2.24) is 14.3 Å². The summed E-state index contributed by atoms with van der Waals surface area (Å²) in [7, 11) is 1.66. The van der Waals surface area contributed by atoms with Gasteiger partial charge in [-0.3, -0.25) is 4.57 Å². The first-order valence-electron chi connectivity index (χ1n) is 2.98. The Morgan fingerprint density at radius 3 is 2.80 bits per heavy atom. The lowest BCUT2D eigenvalue weighted by Gasteiger charge is -1.83. The highest BCUT2D eigenvalue weighted by atomic mass is 16.2. The van der Waals surface area contributed by atoms with E-state index in [-0.39, 0.29) is 5.69 Å². The Bertz CT molecular complexity index is 294. The third kappa shape index (κ3) is 1.00. The van der Waals surface area contributed by atoms with Crippen LogP contribution in [0.1, 0.15) is 6.92 Å². The number of hydrogen-bond donors (Lipinski definition) is 0. The van der Waals surface area contributed by atoms with E-state index < -0.39 is 0 Å². The molecule has 54 valence electrons. The van der Waals surface area contributed by atoms with E-state index in [9.17, 15) is 4.79 Å². The van der Waals surface area contributed by atoms with Gasteiger partial charge in [-0.2, -0.15) is 9.78 Å². The smallest absolute Gasteiger partial charge is 0.284 e. The number of rotatable bonds is 1. The lowest BCUT2D eigenvalue weighted by Crippen LogP contribution is -2.18. The van der Waals surface area contributed by atoms with Gasteiger partial charge in [0.05, 0.1) is 0 Å². The van der Waals surface area contributed by atoms with E-state index in [1.54, 1.807) is 19.3 Å². The standard InChI is InChI=1S/C6H9N3O/c1-3-4-9-6(10)8(2)5-7-9/h3-5H,1-2H3/b4-3+. The molecule has 0 N–H and O–H groups in total. The van der Waals surface area contributed by atoms with Crippen molar-refractivity contribution in [2.24, 2.45) is 7.05 Å². The van der Waals surface area contributed by atoms with Crippen molar-refractivity contribution in [1.29, 1.82) is 0 Å². The fourth-order valence-corrected chi connectivity index (χ4v) is 0.637. The summed E-state index contributed by atoms with van der Waals surface area (Å²) in [5.41, 5.74) is -0.127. The number of aromatic nitrogens is 3. The summed E-state index contributed by atoms with van der Waals surface area (Å²) < 4.78 is 2.69. The molecule has 1 heterocycles. The van der Waals surface area contributed by atoms with E-state index in [1.165, 1.54) is 15.6 Å². The first-order valence-corrected chi connectivity index (χ1v) is 2.98. The SMILES string of the molecule is C/C=C/n1ncn(C)c1=O. The monoisotopic (exact) mass is 139 g/mol. The molecule has 4 heteroatoms. The van der Waals surface area contributed by atoms with Crippen LogP contribution in [0.4, 0.5) is 0 Å². The highest BCUT2D eigenvalue weighted by molar-refractivity contribution is 5.16. The van der Waals surface area contributed by atoms with Gasteiger partial charge in [0.15, 0.2) is 0 Å². The van der Waals surface area contributed by atoms with Crippen molar-refractivity contribution in [3.63, 3.8) is 0 Å². The zero-order valence-electron chi connectivity index (χ0n) is 5.98. The molecule has 4 nitrogen and oxygen atoms in total. The van der Waals surface area contributed by atoms with Gasteiger partial charge in [0.1, 0.15) is 6.33 Å². The average molecular weight is 139 g/mol. The van der Waals surface area contributed by atoms with Crippen LogP contribution in [0.3, 0.4) is 0 Å². The molecule has 0 unspecified atom stereocenters. The van der Waals surface area contributed by atoms with Crippen LogP contribution in [-0.4, -0.2) is 14.3 Å². The molecule has 0 atom stereocenters. The second-order valence-electron chi connectivity index (χ2n) is 1.95. The summed E-state index contributed by atoms with van der Waals surface area (Å²) in [6.07, 6.45) is 4.85. The lowest BCUT2D eigenvalue weighted by molar-refractivity contribution is 0.825. The van der Waals surface area contributed by atoms with Crippen LogP contribution in [0.15, 0.2) is 17.2 Å². The first kappa shape index (κ1) is 6.80. The minimum absolute atomic E-state index is 0.127. The van der Waals surface area contributed by atoms with Crippen LogP contribution in [0, 0.1) is 0 Å². The molecule has 1 rings (SSSR count). The molecule has 0 aliphatic heterocycles. The second kappa shape index (κ2) is 2.51. The van der Waals surface area contributed by atoms with Crippen LogP contribution in [-0.2, 0) is 7.05 Å². The topological polar surface area (TPSA) is 39.8 Å². The van der Waals surface area contributed by atoms with E-state index in [1.807, 2.05) is 6.92 Å². The second-order valence-corrected chi connectivity index (χ2v) is 1.95. The van der Waals surface area contributed by atoms with Gasteiger partial charge in [0.25, 0.3) is 0 Å². The summed E-state index contributed by atoms with van der Waals surface area (Å²) in [6, 6.07) is 0. The number of hydrogen-bond acceptors (Lipinski definition) is 2. The molecule has 0 saturated heterocycles. The van der Waals surface area contributed by atoms with Gasteiger partial charge in [-0.25, -0.2) is 4.79 Å². The summed E-state index contributed by atoms with van der Waals surface area (Å²) in [5.74, 6) is 0. The third-order valence-electron chi connectivity index (χ3n) is 1.14. The van der Waals surface area contributed by atoms with E-state index in [0.29, 0.717) is 0 Å². The molecule has 0 amide bonds. The van der Waals surface area contributed by atoms with Crippen molar-refractivity contribution in [3.05, 3.63) is 22.9 Å². The summed E-state index contributed by atoms with van der Waals surface area (Å²) >= 11 is 0. The Labute approximate surface area is 58.4 Å². The van der Waals surface area contributed by atoms with Crippen molar-refractivity contribution < 1.29 is 0 Å². The molecule has 10 heavy (non-hydrogen) atoms. The maximum absolute atomic E-state index is 11.0. The molecule has 0 aromatic carbocycles. The van der Waals surface area contributed by atoms with Gasteiger partial charge in [-0.1, -0.05) is 6.08 Å². The molecule has 0 radical (unpaired) electrons. The van der Waals surface area contributed by atoms with Crippen molar-refractivity contribution >= 4 is 6.20 Å². The highest BCUT2D eigenvalue weighted by Crippen LogP contribution is 1.76. The molecule has 0 aliphatic carbocycles. The first-order chi connectivity index (χ1) is 4.75. The summed E-state index contributed by atoms with van der Waals surface area (Å²) in [4.78, 5) is 11.0. The molecule has 0 bridgehead atoms. The Kier molecular flexibility index (Phi) is 1.71. The van der Waals surface area contributed by atoms with Crippen LogP contribution in [0.25, 0.3) is 6.20 Å².